The van der Waals surface area contributed by atoms with Gasteiger partial charge in [-0.25, -0.2) is 8.42 Å². The summed E-state index contributed by atoms with van der Waals surface area (Å²) >= 11 is 0. The number of amides is 1. The number of rotatable bonds is 6. The molecule has 0 heterocycles. The lowest BCUT2D eigenvalue weighted by molar-refractivity contribution is -0.122. The van der Waals surface area contributed by atoms with Gasteiger partial charge in [0, 0.05) is 19.2 Å². The van der Waals surface area contributed by atoms with Crippen LogP contribution in [-0.2, 0) is 14.6 Å². The fraction of sp³-hybridized carbons (Fsp3) is 0.909. The topological polar surface area (TPSA) is 63.2 Å². The van der Waals surface area contributed by atoms with Crippen LogP contribution in [-0.4, -0.2) is 32.9 Å². The molecule has 0 aliphatic rings. The Labute approximate surface area is 98.7 Å². The molecule has 0 aromatic carbocycles. The number of sulfone groups is 1. The van der Waals surface area contributed by atoms with Gasteiger partial charge in [0.1, 0.15) is 9.84 Å². The van der Waals surface area contributed by atoms with Crippen molar-refractivity contribution in [1.29, 1.82) is 0 Å². The Balaban J connectivity index is 4.14. The fourth-order valence-electron chi connectivity index (χ4n) is 1.54. The maximum Gasteiger partial charge on any atom is 0.220 e. The normalized spacial score (nSPS) is 12.9. The van der Waals surface area contributed by atoms with E-state index in [0.29, 0.717) is 18.9 Å². The molecule has 0 aromatic rings. The quantitative estimate of drug-likeness (QED) is 0.770. The fourth-order valence-corrected chi connectivity index (χ4v) is 3.06. The average molecular weight is 249 g/mol. The van der Waals surface area contributed by atoms with E-state index in [4.69, 9.17) is 0 Å². The van der Waals surface area contributed by atoms with Gasteiger partial charge in [-0.3, -0.25) is 4.79 Å². The number of nitrogens with one attached hydrogen (secondary N) is 1. The Hall–Kier alpha value is -0.580. The van der Waals surface area contributed by atoms with E-state index in [2.05, 4.69) is 5.32 Å². The Morgan fingerprint density at radius 3 is 2.19 bits per heavy atom. The molecule has 0 aliphatic carbocycles. The number of carbonyl (C=O) groups is 1. The van der Waals surface area contributed by atoms with Crippen molar-refractivity contribution in [3.63, 3.8) is 0 Å². The summed E-state index contributed by atoms with van der Waals surface area (Å²) in [5.41, 5.74) is -0.416. The second-order valence-electron chi connectivity index (χ2n) is 5.61. The molecule has 0 radical (unpaired) electrons. The van der Waals surface area contributed by atoms with Crippen LogP contribution >= 0.6 is 0 Å². The van der Waals surface area contributed by atoms with Crippen molar-refractivity contribution in [3.8, 4) is 0 Å². The maximum atomic E-state index is 11.4. The third kappa shape index (κ3) is 8.71. The molecule has 96 valence electrons. The monoisotopic (exact) mass is 249 g/mol. The molecule has 0 saturated heterocycles. The van der Waals surface area contributed by atoms with Gasteiger partial charge in [-0.2, -0.15) is 0 Å². The van der Waals surface area contributed by atoms with Crippen molar-refractivity contribution in [2.45, 2.75) is 34.1 Å². The summed E-state index contributed by atoms with van der Waals surface area (Å²) in [6.45, 7) is 8.02. The summed E-state index contributed by atoms with van der Waals surface area (Å²) in [6, 6.07) is 0. The molecule has 5 heteroatoms. The second-order valence-corrected chi connectivity index (χ2v) is 7.75. The lowest BCUT2D eigenvalue weighted by atomic mass is 9.96. The molecular weight excluding hydrogens is 226 g/mol. The molecule has 0 unspecified atom stereocenters. The first-order valence-electron chi connectivity index (χ1n) is 5.46. The molecule has 16 heavy (non-hydrogen) atoms. The Morgan fingerprint density at radius 1 is 1.31 bits per heavy atom. The molecule has 0 bridgehead atoms. The zero-order valence-electron chi connectivity index (χ0n) is 10.8. The van der Waals surface area contributed by atoms with Crippen molar-refractivity contribution in [1.82, 2.24) is 5.32 Å². The van der Waals surface area contributed by atoms with Crippen LogP contribution in [0.25, 0.3) is 0 Å². The van der Waals surface area contributed by atoms with Gasteiger partial charge < -0.3 is 5.32 Å². The van der Waals surface area contributed by atoms with E-state index in [1.165, 1.54) is 6.26 Å². The summed E-state index contributed by atoms with van der Waals surface area (Å²) in [6.07, 6.45) is 1.69. The zero-order chi connectivity index (χ0) is 13.0. The number of hydrogen-bond acceptors (Lipinski definition) is 3. The van der Waals surface area contributed by atoms with E-state index in [9.17, 15) is 13.2 Å². The standard InChI is InChI=1S/C11H23NO3S/c1-9(2)6-10(13)12-7-11(3,4)8-16(5,14)15/h9H,6-8H2,1-5H3,(H,12,13). The van der Waals surface area contributed by atoms with Gasteiger partial charge in [-0.1, -0.05) is 27.7 Å². The van der Waals surface area contributed by atoms with E-state index >= 15 is 0 Å². The van der Waals surface area contributed by atoms with Gasteiger partial charge in [0.2, 0.25) is 5.91 Å². The second kappa shape index (κ2) is 5.66. The summed E-state index contributed by atoms with van der Waals surface area (Å²) in [5.74, 6) is 0.386. The smallest absolute Gasteiger partial charge is 0.220 e. The Morgan fingerprint density at radius 2 is 1.81 bits per heavy atom. The maximum absolute atomic E-state index is 11.4. The molecule has 4 nitrogen and oxygen atoms in total. The SMILES string of the molecule is CC(C)CC(=O)NCC(C)(C)CS(C)(=O)=O. The van der Waals surface area contributed by atoms with E-state index in [-0.39, 0.29) is 11.7 Å². The van der Waals surface area contributed by atoms with Gasteiger partial charge in [-0.05, 0) is 11.3 Å². The predicted molar refractivity (Wildman–Crippen MR) is 66.0 cm³/mol. The lowest BCUT2D eigenvalue weighted by Crippen LogP contribution is -2.38. The molecule has 1 N–H and O–H groups in total. The third-order valence-electron chi connectivity index (χ3n) is 2.01. The molecule has 0 aliphatic heterocycles. The molecule has 0 fully saturated rings. The largest absolute Gasteiger partial charge is 0.356 e. The van der Waals surface area contributed by atoms with Crippen LogP contribution in [0.2, 0.25) is 0 Å². The third-order valence-corrected chi connectivity index (χ3v) is 3.32. The first-order valence-corrected chi connectivity index (χ1v) is 7.52. The van der Waals surface area contributed by atoms with Crippen LogP contribution in [0, 0.1) is 11.3 Å². The van der Waals surface area contributed by atoms with Gasteiger partial charge >= 0.3 is 0 Å². The van der Waals surface area contributed by atoms with Crippen LogP contribution in [0.4, 0.5) is 0 Å². The van der Waals surface area contributed by atoms with E-state index in [1.54, 1.807) is 0 Å². The highest BCUT2D eigenvalue weighted by Crippen LogP contribution is 2.16. The summed E-state index contributed by atoms with van der Waals surface area (Å²) in [4.78, 5) is 11.4. The highest BCUT2D eigenvalue weighted by Gasteiger charge is 2.24. The predicted octanol–water partition coefficient (Wildman–Crippen LogP) is 1.22. The minimum absolute atomic E-state index is 0.0171. The molecule has 0 saturated carbocycles. The summed E-state index contributed by atoms with van der Waals surface area (Å²) in [5, 5.41) is 2.77. The lowest BCUT2D eigenvalue weighted by Gasteiger charge is -2.24. The molecule has 0 spiro atoms. The van der Waals surface area contributed by atoms with Crippen LogP contribution in [0.15, 0.2) is 0 Å². The van der Waals surface area contributed by atoms with Crippen LogP contribution in [0.3, 0.4) is 0 Å². The van der Waals surface area contributed by atoms with Crippen molar-refractivity contribution < 1.29 is 13.2 Å². The molecule has 0 atom stereocenters. The minimum atomic E-state index is -3.00. The van der Waals surface area contributed by atoms with Gasteiger partial charge in [0.05, 0.1) is 5.75 Å². The highest BCUT2D eigenvalue weighted by atomic mass is 32.2. The molecule has 0 rings (SSSR count). The van der Waals surface area contributed by atoms with Crippen molar-refractivity contribution >= 4 is 15.7 Å². The van der Waals surface area contributed by atoms with E-state index in [1.807, 2.05) is 27.7 Å². The Bertz CT molecular complexity index is 331. The van der Waals surface area contributed by atoms with Gasteiger partial charge in [0.25, 0.3) is 0 Å². The summed E-state index contributed by atoms with van der Waals surface area (Å²) < 4.78 is 22.3. The summed E-state index contributed by atoms with van der Waals surface area (Å²) in [7, 11) is -3.00. The van der Waals surface area contributed by atoms with Crippen LogP contribution in [0.1, 0.15) is 34.1 Å². The van der Waals surface area contributed by atoms with Crippen molar-refractivity contribution in [2.24, 2.45) is 11.3 Å². The van der Waals surface area contributed by atoms with Crippen molar-refractivity contribution in [2.75, 3.05) is 18.6 Å². The average Bonchev–Trinajstić information content (AvgIpc) is 1.95. The zero-order valence-corrected chi connectivity index (χ0v) is 11.6. The van der Waals surface area contributed by atoms with Gasteiger partial charge in [-0.15, -0.1) is 0 Å². The molecule has 1 amide bonds. The molecular formula is C11H23NO3S. The first-order chi connectivity index (χ1) is 7.02. The molecule has 0 aromatic heterocycles. The van der Waals surface area contributed by atoms with Crippen LogP contribution < -0.4 is 5.32 Å². The highest BCUT2D eigenvalue weighted by molar-refractivity contribution is 7.90. The van der Waals surface area contributed by atoms with Crippen molar-refractivity contribution in [3.05, 3.63) is 0 Å². The minimum Gasteiger partial charge on any atom is -0.356 e. The van der Waals surface area contributed by atoms with Crippen LogP contribution in [0.5, 0.6) is 0 Å². The first kappa shape index (κ1) is 15.4. The number of hydrogen-bond donors (Lipinski definition) is 1. The van der Waals surface area contributed by atoms with E-state index in [0.717, 1.165) is 0 Å². The van der Waals surface area contributed by atoms with E-state index < -0.39 is 15.3 Å². The Kier molecular flexibility index (Phi) is 5.46. The van der Waals surface area contributed by atoms with Gasteiger partial charge in [0.15, 0.2) is 0 Å². The number of carbonyl (C=O) groups excluding carboxylic acids is 1.